The molecule has 3 nitrogen and oxygen atoms in total. The maximum atomic E-state index is 11.8. The third-order valence-electron chi connectivity index (χ3n) is 2.97. The molecule has 0 heterocycles. The Morgan fingerprint density at radius 3 is 2.44 bits per heavy atom. The first kappa shape index (κ1) is 14.2. The minimum absolute atomic E-state index is 0.301. The fourth-order valence-electron chi connectivity index (χ4n) is 1.57. The van der Waals surface area contributed by atoms with Crippen LogP contribution in [0.3, 0.4) is 0 Å². The van der Waals surface area contributed by atoms with Gasteiger partial charge in [0.25, 0.3) is 5.91 Å². The average molecular weight is 245 g/mol. The van der Waals surface area contributed by atoms with Gasteiger partial charge in [0.1, 0.15) is 0 Å². The molecule has 0 aromatic heterocycles. The zero-order chi connectivity index (χ0) is 13.5. The minimum Gasteiger partial charge on any atom is -0.346 e. The van der Waals surface area contributed by atoms with Crippen molar-refractivity contribution in [2.75, 3.05) is 6.54 Å². The first-order valence-electron chi connectivity index (χ1n) is 6.13. The summed E-state index contributed by atoms with van der Waals surface area (Å²) in [6, 6.07) is 7.22. The van der Waals surface area contributed by atoms with E-state index in [1.807, 2.05) is 12.1 Å². The van der Waals surface area contributed by atoms with E-state index in [1.165, 1.54) is 11.6 Å². The Kier molecular flexibility index (Phi) is 5.31. The van der Waals surface area contributed by atoms with E-state index in [-0.39, 0.29) is 0 Å². The van der Waals surface area contributed by atoms with Crippen molar-refractivity contribution in [2.24, 2.45) is 0 Å². The number of benzene rings is 1. The summed E-state index contributed by atoms with van der Waals surface area (Å²) in [4.78, 5) is 23.2. The standard InChI is InChI=1S/C15H19NO2/c1-4-10-16-15(18)14(17)13-8-6-12(7-9-13)11(3)5-2/h4,6-9,11H,1,5,10H2,2-3H3,(H,16,18). The van der Waals surface area contributed by atoms with E-state index in [9.17, 15) is 9.59 Å². The molecule has 1 aromatic carbocycles. The van der Waals surface area contributed by atoms with Crippen LogP contribution in [0, 0.1) is 0 Å². The number of hydrogen-bond donors (Lipinski definition) is 1. The molecule has 3 heteroatoms. The quantitative estimate of drug-likeness (QED) is 0.476. The SMILES string of the molecule is C=CCNC(=O)C(=O)c1ccc(C(C)CC)cc1. The van der Waals surface area contributed by atoms with Crippen molar-refractivity contribution in [1.82, 2.24) is 5.32 Å². The molecule has 0 bridgehead atoms. The molecule has 1 aromatic rings. The number of Topliss-reactive ketones (excluding diaryl/α,β-unsaturated/α-hetero) is 1. The van der Waals surface area contributed by atoms with Gasteiger partial charge in [0.15, 0.2) is 0 Å². The van der Waals surface area contributed by atoms with Crippen LogP contribution in [0.1, 0.15) is 42.1 Å². The number of hydrogen-bond acceptors (Lipinski definition) is 2. The Labute approximate surface area is 108 Å². The van der Waals surface area contributed by atoms with Crippen LogP contribution in [0.4, 0.5) is 0 Å². The van der Waals surface area contributed by atoms with Crippen molar-refractivity contribution in [3.8, 4) is 0 Å². The number of carbonyl (C=O) groups is 2. The van der Waals surface area contributed by atoms with Gasteiger partial charge >= 0.3 is 0 Å². The van der Waals surface area contributed by atoms with E-state index in [0.717, 1.165) is 6.42 Å². The molecule has 1 N–H and O–H groups in total. The predicted molar refractivity (Wildman–Crippen MR) is 72.7 cm³/mol. The van der Waals surface area contributed by atoms with Gasteiger partial charge in [0, 0.05) is 12.1 Å². The van der Waals surface area contributed by atoms with Crippen LogP contribution in [-0.4, -0.2) is 18.2 Å². The molecule has 0 aliphatic heterocycles. The lowest BCUT2D eigenvalue weighted by Gasteiger charge is -2.09. The molecule has 0 saturated heterocycles. The summed E-state index contributed by atoms with van der Waals surface area (Å²) in [6.45, 7) is 8.03. The van der Waals surface area contributed by atoms with E-state index in [2.05, 4.69) is 25.7 Å². The highest BCUT2D eigenvalue weighted by Gasteiger charge is 2.15. The number of rotatable bonds is 6. The Hall–Kier alpha value is -1.90. The molecule has 0 fully saturated rings. The third kappa shape index (κ3) is 3.55. The summed E-state index contributed by atoms with van der Waals surface area (Å²) in [5, 5.41) is 2.47. The fourth-order valence-corrected chi connectivity index (χ4v) is 1.57. The van der Waals surface area contributed by atoms with Gasteiger partial charge in [0.05, 0.1) is 0 Å². The first-order chi connectivity index (χ1) is 8.60. The second-order valence-electron chi connectivity index (χ2n) is 4.26. The summed E-state index contributed by atoms with van der Waals surface area (Å²) < 4.78 is 0. The van der Waals surface area contributed by atoms with Crippen molar-refractivity contribution >= 4 is 11.7 Å². The topological polar surface area (TPSA) is 46.2 Å². The third-order valence-corrected chi connectivity index (χ3v) is 2.97. The molecule has 1 rings (SSSR count). The summed E-state index contributed by atoms with van der Waals surface area (Å²) in [5.74, 6) is -0.637. The smallest absolute Gasteiger partial charge is 0.292 e. The van der Waals surface area contributed by atoms with Crippen molar-refractivity contribution in [3.63, 3.8) is 0 Å². The first-order valence-corrected chi connectivity index (χ1v) is 6.13. The van der Waals surface area contributed by atoms with Crippen LogP contribution >= 0.6 is 0 Å². The number of carbonyl (C=O) groups excluding carboxylic acids is 2. The molecule has 0 saturated carbocycles. The van der Waals surface area contributed by atoms with Gasteiger partial charge in [-0.3, -0.25) is 9.59 Å². The maximum absolute atomic E-state index is 11.8. The van der Waals surface area contributed by atoms with E-state index < -0.39 is 11.7 Å². The lowest BCUT2D eigenvalue weighted by Crippen LogP contribution is -2.31. The van der Waals surface area contributed by atoms with Crippen LogP contribution < -0.4 is 5.32 Å². The van der Waals surface area contributed by atoms with Crippen molar-refractivity contribution in [1.29, 1.82) is 0 Å². The Bertz CT molecular complexity index is 434. The molecule has 0 radical (unpaired) electrons. The summed E-state index contributed by atoms with van der Waals surface area (Å²) >= 11 is 0. The molecule has 0 aliphatic carbocycles. The Balaban J connectivity index is 2.75. The molecule has 1 amide bonds. The second kappa shape index (κ2) is 6.74. The predicted octanol–water partition coefficient (Wildman–Crippen LogP) is 2.69. The van der Waals surface area contributed by atoms with Crippen LogP contribution in [0.2, 0.25) is 0 Å². The largest absolute Gasteiger partial charge is 0.346 e. The summed E-state index contributed by atoms with van der Waals surface area (Å²) in [5.41, 5.74) is 1.60. The highest BCUT2D eigenvalue weighted by atomic mass is 16.2. The lowest BCUT2D eigenvalue weighted by atomic mass is 9.97. The number of amides is 1. The summed E-state index contributed by atoms with van der Waals surface area (Å²) in [7, 11) is 0. The van der Waals surface area contributed by atoms with E-state index in [4.69, 9.17) is 0 Å². The van der Waals surface area contributed by atoms with Gasteiger partial charge < -0.3 is 5.32 Å². The van der Waals surface area contributed by atoms with Gasteiger partial charge in [0.2, 0.25) is 5.78 Å². The molecule has 0 spiro atoms. The molecule has 0 aliphatic rings. The van der Waals surface area contributed by atoms with E-state index in [1.54, 1.807) is 12.1 Å². The monoisotopic (exact) mass is 245 g/mol. The normalized spacial score (nSPS) is 11.7. The number of nitrogens with one attached hydrogen (secondary N) is 1. The Morgan fingerprint density at radius 1 is 1.33 bits per heavy atom. The molecular formula is C15H19NO2. The number of ketones is 1. The average Bonchev–Trinajstić information content (AvgIpc) is 2.43. The van der Waals surface area contributed by atoms with Crippen LogP contribution in [-0.2, 0) is 4.79 Å². The van der Waals surface area contributed by atoms with Gasteiger partial charge in [-0.05, 0) is 17.9 Å². The highest BCUT2D eigenvalue weighted by molar-refractivity contribution is 6.42. The highest BCUT2D eigenvalue weighted by Crippen LogP contribution is 2.18. The fraction of sp³-hybridized carbons (Fsp3) is 0.333. The van der Waals surface area contributed by atoms with Gasteiger partial charge in [-0.2, -0.15) is 0 Å². The molecule has 1 unspecified atom stereocenters. The zero-order valence-electron chi connectivity index (χ0n) is 10.9. The van der Waals surface area contributed by atoms with Crippen LogP contribution in [0.25, 0.3) is 0 Å². The summed E-state index contributed by atoms with van der Waals surface area (Å²) in [6.07, 6.45) is 2.59. The van der Waals surface area contributed by atoms with Gasteiger partial charge in [-0.15, -0.1) is 6.58 Å². The lowest BCUT2D eigenvalue weighted by molar-refractivity contribution is -0.116. The second-order valence-corrected chi connectivity index (χ2v) is 4.26. The van der Waals surface area contributed by atoms with E-state index >= 15 is 0 Å². The minimum atomic E-state index is -0.591. The van der Waals surface area contributed by atoms with Gasteiger partial charge in [-0.25, -0.2) is 0 Å². The van der Waals surface area contributed by atoms with Crippen molar-refractivity contribution in [2.45, 2.75) is 26.2 Å². The molecular weight excluding hydrogens is 226 g/mol. The molecule has 96 valence electrons. The Morgan fingerprint density at radius 2 is 1.94 bits per heavy atom. The van der Waals surface area contributed by atoms with E-state index in [0.29, 0.717) is 18.0 Å². The molecule has 18 heavy (non-hydrogen) atoms. The van der Waals surface area contributed by atoms with Crippen molar-refractivity contribution in [3.05, 3.63) is 48.0 Å². The van der Waals surface area contributed by atoms with Gasteiger partial charge in [-0.1, -0.05) is 44.2 Å². The maximum Gasteiger partial charge on any atom is 0.292 e. The zero-order valence-corrected chi connectivity index (χ0v) is 10.9. The van der Waals surface area contributed by atoms with Crippen LogP contribution in [0.15, 0.2) is 36.9 Å². The van der Waals surface area contributed by atoms with Crippen molar-refractivity contribution < 1.29 is 9.59 Å². The molecule has 1 atom stereocenters. The van der Waals surface area contributed by atoms with Crippen LogP contribution in [0.5, 0.6) is 0 Å².